The standard InChI is InChI=1S/C15H21NO4/c1-3-20-12-7-6-11(10-13(12)19-2)14(15(17)18)16-8-4-5-9-16/h6-7,10,14H,3-5,8-9H2,1-2H3,(H,17,18). The highest BCUT2D eigenvalue weighted by Gasteiger charge is 2.30. The van der Waals surface area contributed by atoms with Crippen LogP contribution in [0.1, 0.15) is 31.4 Å². The van der Waals surface area contributed by atoms with Crippen LogP contribution in [0, 0.1) is 0 Å². The molecule has 1 aromatic rings. The molecule has 1 heterocycles. The molecule has 1 fully saturated rings. The summed E-state index contributed by atoms with van der Waals surface area (Å²) in [6.07, 6.45) is 2.11. The van der Waals surface area contributed by atoms with E-state index in [1.54, 1.807) is 19.2 Å². The Morgan fingerprint density at radius 3 is 2.60 bits per heavy atom. The first-order chi connectivity index (χ1) is 9.67. The first-order valence-electron chi connectivity index (χ1n) is 6.95. The van der Waals surface area contributed by atoms with E-state index >= 15 is 0 Å². The molecule has 1 unspecified atom stereocenters. The van der Waals surface area contributed by atoms with Gasteiger partial charge in [0.15, 0.2) is 11.5 Å². The first-order valence-corrected chi connectivity index (χ1v) is 6.95. The number of ether oxygens (including phenoxy) is 2. The Hall–Kier alpha value is -1.75. The zero-order valence-electron chi connectivity index (χ0n) is 12.0. The molecule has 1 aliphatic rings. The van der Waals surface area contributed by atoms with Gasteiger partial charge in [-0.25, -0.2) is 0 Å². The maximum atomic E-state index is 11.6. The number of methoxy groups -OCH3 is 1. The van der Waals surface area contributed by atoms with Gasteiger partial charge in [0.25, 0.3) is 0 Å². The normalized spacial score (nSPS) is 16.9. The highest BCUT2D eigenvalue weighted by atomic mass is 16.5. The van der Waals surface area contributed by atoms with Crippen molar-refractivity contribution in [1.29, 1.82) is 0 Å². The average Bonchev–Trinajstić information content (AvgIpc) is 2.94. The van der Waals surface area contributed by atoms with Gasteiger partial charge in [0.1, 0.15) is 6.04 Å². The van der Waals surface area contributed by atoms with Crippen LogP contribution in [0.15, 0.2) is 18.2 Å². The van der Waals surface area contributed by atoms with Crippen LogP contribution in [0.2, 0.25) is 0 Å². The second-order valence-electron chi connectivity index (χ2n) is 4.83. The van der Waals surface area contributed by atoms with Crippen LogP contribution in [-0.4, -0.2) is 42.8 Å². The molecule has 0 amide bonds. The monoisotopic (exact) mass is 279 g/mol. The summed E-state index contributed by atoms with van der Waals surface area (Å²) in [7, 11) is 1.56. The number of hydrogen-bond acceptors (Lipinski definition) is 4. The van der Waals surface area contributed by atoms with Gasteiger partial charge in [0.05, 0.1) is 13.7 Å². The molecular formula is C15H21NO4. The fourth-order valence-corrected chi connectivity index (χ4v) is 2.64. The summed E-state index contributed by atoms with van der Waals surface area (Å²) in [6, 6.07) is 4.75. The molecule has 0 bridgehead atoms. The van der Waals surface area contributed by atoms with E-state index in [9.17, 15) is 9.90 Å². The second kappa shape index (κ2) is 6.61. The summed E-state index contributed by atoms with van der Waals surface area (Å²) < 4.78 is 10.8. The van der Waals surface area contributed by atoms with Gasteiger partial charge in [-0.05, 0) is 50.6 Å². The Morgan fingerprint density at radius 2 is 2.05 bits per heavy atom. The fourth-order valence-electron chi connectivity index (χ4n) is 2.64. The molecule has 2 rings (SSSR count). The Morgan fingerprint density at radius 1 is 1.35 bits per heavy atom. The lowest BCUT2D eigenvalue weighted by molar-refractivity contribution is -0.143. The molecule has 0 aromatic heterocycles. The van der Waals surface area contributed by atoms with Crippen molar-refractivity contribution in [3.8, 4) is 11.5 Å². The predicted molar refractivity (Wildman–Crippen MR) is 75.3 cm³/mol. The molecule has 0 aliphatic carbocycles. The number of aliphatic carboxylic acids is 1. The van der Waals surface area contributed by atoms with Crippen molar-refractivity contribution in [2.24, 2.45) is 0 Å². The SMILES string of the molecule is CCOc1ccc(C(C(=O)O)N2CCCC2)cc1OC. The molecule has 1 aromatic carbocycles. The van der Waals surface area contributed by atoms with Gasteiger partial charge >= 0.3 is 5.97 Å². The lowest BCUT2D eigenvalue weighted by atomic mass is 10.0. The van der Waals surface area contributed by atoms with Crippen LogP contribution >= 0.6 is 0 Å². The molecule has 5 nitrogen and oxygen atoms in total. The summed E-state index contributed by atoms with van der Waals surface area (Å²) in [5.41, 5.74) is 0.736. The van der Waals surface area contributed by atoms with E-state index in [2.05, 4.69) is 0 Å². The van der Waals surface area contributed by atoms with Gasteiger partial charge in [-0.15, -0.1) is 0 Å². The molecular weight excluding hydrogens is 258 g/mol. The van der Waals surface area contributed by atoms with Crippen molar-refractivity contribution < 1.29 is 19.4 Å². The van der Waals surface area contributed by atoms with Crippen molar-refractivity contribution in [2.45, 2.75) is 25.8 Å². The molecule has 5 heteroatoms. The smallest absolute Gasteiger partial charge is 0.325 e. The first kappa shape index (κ1) is 14.7. The van der Waals surface area contributed by atoms with Crippen molar-refractivity contribution in [2.75, 3.05) is 26.8 Å². The Kier molecular flexibility index (Phi) is 4.84. The zero-order valence-corrected chi connectivity index (χ0v) is 12.0. The van der Waals surface area contributed by atoms with Gasteiger partial charge in [0, 0.05) is 0 Å². The quantitative estimate of drug-likeness (QED) is 0.866. The van der Waals surface area contributed by atoms with E-state index in [4.69, 9.17) is 9.47 Å². The third-order valence-corrected chi connectivity index (χ3v) is 3.54. The van der Waals surface area contributed by atoms with E-state index in [1.807, 2.05) is 17.9 Å². The zero-order chi connectivity index (χ0) is 14.5. The van der Waals surface area contributed by atoms with Crippen LogP contribution in [0.3, 0.4) is 0 Å². The van der Waals surface area contributed by atoms with E-state index in [1.165, 1.54) is 0 Å². The highest BCUT2D eigenvalue weighted by Crippen LogP contribution is 2.33. The molecule has 1 aliphatic heterocycles. The number of carboxylic acid groups (broad SMARTS) is 1. The maximum absolute atomic E-state index is 11.6. The Bertz CT molecular complexity index is 469. The molecule has 1 atom stereocenters. The molecule has 0 radical (unpaired) electrons. The van der Waals surface area contributed by atoms with Gasteiger partial charge < -0.3 is 14.6 Å². The third kappa shape index (κ3) is 3.04. The van der Waals surface area contributed by atoms with Crippen molar-refractivity contribution >= 4 is 5.97 Å². The van der Waals surface area contributed by atoms with Gasteiger partial charge in [-0.3, -0.25) is 9.69 Å². The average molecular weight is 279 g/mol. The summed E-state index contributed by atoms with van der Waals surface area (Å²) >= 11 is 0. The number of benzene rings is 1. The van der Waals surface area contributed by atoms with Crippen molar-refractivity contribution in [1.82, 2.24) is 4.90 Å². The van der Waals surface area contributed by atoms with Gasteiger partial charge in [0.2, 0.25) is 0 Å². The minimum absolute atomic E-state index is 0.546. The largest absolute Gasteiger partial charge is 0.493 e. The fraction of sp³-hybridized carbons (Fsp3) is 0.533. The summed E-state index contributed by atoms with van der Waals surface area (Å²) in [5.74, 6) is 0.400. The van der Waals surface area contributed by atoms with E-state index in [-0.39, 0.29) is 0 Å². The molecule has 110 valence electrons. The van der Waals surface area contributed by atoms with Crippen molar-refractivity contribution in [3.05, 3.63) is 23.8 Å². The molecule has 20 heavy (non-hydrogen) atoms. The van der Waals surface area contributed by atoms with Gasteiger partial charge in [-0.1, -0.05) is 6.07 Å². The minimum atomic E-state index is -0.821. The summed E-state index contributed by atoms with van der Waals surface area (Å²) in [5, 5.41) is 9.51. The number of nitrogens with zero attached hydrogens (tertiary/aromatic N) is 1. The summed E-state index contributed by atoms with van der Waals surface area (Å²) in [4.78, 5) is 13.6. The third-order valence-electron chi connectivity index (χ3n) is 3.54. The van der Waals surface area contributed by atoms with Crippen LogP contribution < -0.4 is 9.47 Å². The Balaban J connectivity index is 2.31. The predicted octanol–water partition coefficient (Wildman–Crippen LogP) is 2.32. The van der Waals surface area contributed by atoms with E-state index in [0.29, 0.717) is 18.1 Å². The van der Waals surface area contributed by atoms with Crippen molar-refractivity contribution in [3.63, 3.8) is 0 Å². The highest BCUT2D eigenvalue weighted by molar-refractivity contribution is 5.76. The van der Waals surface area contributed by atoms with Crippen LogP contribution in [-0.2, 0) is 4.79 Å². The van der Waals surface area contributed by atoms with Crippen LogP contribution in [0.25, 0.3) is 0 Å². The maximum Gasteiger partial charge on any atom is 0.325 e. The minimum Gasteiger partial charge on any atom is -0.493 e. The lowest BCUT2D eigenvalue weighted by Crippen LogP contribution is -2.31. The number of rotatable bonds is 6. The topological polar surface area (TPSA) is 59.0 Å². The Labute approximate surface area is 119 Å². The molecule has 0 spiro atoms. The van der Waals surface area contributed by atoms with E-state index < -0.39 is 12.0 Å². The lowest BCUT2D eigenvalue weighted by Gasteiger charge is -2.24. The molecule has 1 N–H and O–H groups in total. The van der Waals surface area contributed by atoms with Crippen LogP contribution in [0.4, 0.5) is 0 Å². The van der Waals surface area contributed by atoms with Gasteiger partial charge in [-0.2, -0.15) is 0 Å². The summed E-state index contributed by atoms with van der Waals surface area (Å²) in [6.45, 7) is 4.10. The van der Waals surface area contributed by atoms with E-state index in [0.717, 1.165) is 31.5 Å². The number of hydrogen-bond donors (Lipinski definition) is 1. The number of carboxylic acids is 1. The molecule has 0 saturated carbocycles. The molecule has 1 saturated heterocycles. The second-order valence-corrected chi connectivity index (χ2v) is 4.83. The van der Waals surface area contributed by atoms with Crippen LogP contribution in [0.5, 0.6) is 11.5 Å². The number of likely N-dealkylation sites (tertiary alicyclic amines) is 1. The number of carbonyl (C=O) groups is 1.